The average molecular weight is 764 g/mol. The van der Waals surface area contributed by atoms with Gasteiger partial charge in [-0.05, 0) is 95.9 Å². The van der Waals surface area contributed by atoms with Crippen molar-refractivity contribution in [2.24, 2.45) is 0 Å². The van der Waals surface area contributed by atoms with E-state index in [0.29, 0.717) is 30.9 Å². The van der Waals surface area contributed by atoms with Gasteiger partial charge in [0.1, 0.15) is 11.5 Å². The molecule has 292 valence electrons. The van der Waals surface area contributed by atoms with E-state index in [-0.39, 0.29) is 30.9 Å². The number of ether oxygens (including phenoxy) is 3. The smallest absolute Gasteiger partial charge is 0.319 e. The lowest BCUT2D eigenvalue weighted by atomic mass is 9.97. The molecule has 0 aliphatic carbocycles. The Bertz CT molecular complexity index is 2180. The summed E-state index contributed by atoms with van der Waals surface area (Å²) < 4.78 is 19.2. The molecule has 9 heteroatoms. The normalized spacial score (nSPS) is 17.7. The van der Waals surface area contributed by atoms with Gasteiger partial charge < -0.3 is 35.1 Å². The van der Waals surface area contributed by atoms with Crippen LogP contribution >= 0.6 is 0 Å². The molecule has 4 N–H and O–H groups in total. The third kappa shape index (κ3) is 10.5. The summed E-state index contributed by atoms with van der Waals surface area (Å²) in [6.45, 7) is 2.93. The molecule has 2 amide bonds. The third-order valence-corrected chi connectivity index (χ3v) is 10.4. The van der Waals surface area contributed by atoms with Crippen LogP contribution in [0.1, 0.15) is 59.7 Å². The molecule has 0 bridgehead atoms. The molecular weight excluding hydrogens is 715 g/mol. The fourth-order valence-corrected chi connectivity index (χ4v) is 7.00. The maximum atomic E-state index is 12.8. The lowest BCUT2D eigenvalue weighted by Gasteiger charge is -2.39. The highest BCUT2D eigenvalue weighted by Gasteiger charge is 2.34. The van der Waals surface area contributed by atoms with Gasteiger partial charge in [0, 0.05) is 36.8 Å². The van der Waals surface area contributed by atoms with E-state index in [1.165, 1.54) is 0 Å². The number of aliphatic hydroxyl groups excluding tert-OH is 2. The second-order valence-electron chi connectivity index (χ2n) is 14.5. The summed E-state index contributed by atoms with van der Waals surface area (Å²) in [7, 11) is 2.02. The lowest BCUT2D eigenvalue weighted by molar-refractivity contribution is -0.253. The number of anilines is 1. The molecule has 7 rings (SSSR count). The Morgan fingerprint density at radius 3 is 2.14 bits per heavy atom. The van der Waals surface area contributed by atoms with Gasteiger partial charge >= 0.3 is 6.03 Å². The molecule has 57 heavy (non-hydrogen) atoms. The summed E-state index contributed by atoms with van der Waals surface area (Å²) in [6, 6.07) is 50.2. The van der Waals surface area contributed by atoms with Gasteiger partial charge in [0.05, 0.1) is 24.9 Å². The first-order valence-electron chi connectivity index (χ1n) is 19.3. The van der Waals surface area contributed by atoms with Crippen molar-refractivity contribution in [1.29, 1.82) is 0 Å². The number of rotatable bonds is 14. The number of benzene rings is 6. The predicted molar refractivity (Wildman–Crippen MR) is 223 cm³/mol. The van der Waals surface area contributed by atoms with Gasteiger partial charge in [-0.25, -0.2) is 4.79 Å². The Balaban J connectivity index is 1.01. The number of hydrogen-bond acceptors (Lipinski definition) is 7. The molecular formula is C48H49N3O6. The predicted octanol–water partition coefficient (Wildman–Crippen LogP) is 9.56. The van der Waals surface area contributed by atoms with Gasteiger partial charge in [-0.1, -0.05) is 109 Å². The van der Waals surface area contributed by atoms with Crippen molar-refractivity contribution in [3.63, 3.8) is 0 Å². The van der Waals surface area contributed by atoms with Crippen molar-refractivity contribution < 1.29 is 29.2 Å². The van der Waals surface area contributed by atoms with E-state index in [4.69, 9.17) is 14.2 Å². The molecule has 1 saturated heterocycles. The lowest BCUT2D eigenvalue weighted by Crippen LogP contribution is -2.43. The number of hydrogen-bond donors (Lipinski definition) is 4. The summed E-state index contributed by atoms with van der Waals surface area (Å²) in [5.41, 5.74) is 7.21. The second-order valence-corrected chi connectivity index (χ2v) is 14.5. The highest BCUT2D eigenvalue weighted by Crippen LogP contribution is 2.39. The van der Waals surface area contributed by atoms with E-state index in [0.717, 1.165) is 44.7 Å². The standard InChI is InChI=1S/C48H49N3O6/c1-33(46(53)37-12-5-3-6-13-37)51(2)31-44-29-45(36-21-19-34(32-52)20-22-36)57-47(56-44)40-16-10-15-39(28-40)38-14-9-11-35(27-38)30-49-48(54)50-41-23-25-43(26-24-41)55-42-17-7-4-8-18-42/h3-28,33,44-47,52-53H,29-32H2,1-2H3,(H2,49,50,54)/t33-,44+,45-,46-,47-/m1/s1. The quantitative estimate of drug-likeness (QED) is 0.0875. The van der Waals surface area contributed by atoms with Crippen LogP contribution in [0.2, 0.25) is 0 Å². The van der Waals surface area contributed by atoms with Crippen molar-refractivity contribution in [3.05, 3.63) is 186 Å². The van der Waals surface area contributed by atoms with E-state index in [1.54, 1.807) is 12.1 Å². The van der Waals surface area contributed by atoms with Crippen molar-refractivity contribution in [1.82, 2.24) is 10.2 Å². The first kappa shape index (κ1) is 39.4. The maximum absolute atomic E-state index is 12.8. The van der Waals surface area contributed by atoms with Crippen LogP contribution in [-0.2, 0) is 22.6 Å². The number of carbonyl (C=O) groups is 1. The van der Waals surface area contributed by atoms with Gasteiger partial charge in [0.2, 0.25) is 0 Å². The molecule has 0 radical (unpaired) electrons. The first-order chi connectivity index (χ1) is 27.8. The van der Waals surface area contributed by atoms with Crippen LogP contribution in [0.15, 0.2) is 158 Å². The first-order valence-corrected chi connectivity index (χ1v) is 19.3. The highest BCUT2D eigenvalue weighted by atomic mass is 16.7. The monoisotopic (exact) mass is 763 g/mol. The highest BCUT2D eigenvalue weighted by molar-refractivity contribution is 5.89. The molecule has 1 fully saturated rings. The zero-order valence-electron chi connectivity index (χ0n) is 32.2. The Morgan fingerprint density at radius 1 is 0.754 bits per heavy atom. The van der Waals surface area contributed by atoms with Crippen molar-refractivity contribution in [3.8, 4) is 22.6 Å². The molecule has 6 aromatic rings. The number of amides is 2. The largest absolute Gasteiger partial charge is 0.457 e. The average Bonchev–Trinajstić information content (AvgIpc) is 3.26. The molecule has 1 heterocycles. The van der Waals surface area contributed by atoms with Crippen molar-refractivity contribution >= 4 is 11.7 Å². The van der Waals surface area contributed by atoms with E-state index in [1.807, 2.05) is 141 Å². The second kappa shape index (κ2) is 18.9. The maximum Gasteiger partial charge on any atom is 0.319 e. The number of nitrogens with zero attached hydrogens (tertiary/aromatic N) is 1. The molecule has 1 aliphatic heterocycles. The van der Waals surface area contributed by atoms with Crippen LogP contribution in [0.3, 0.4) is 0 Å². The molecule has 0 aromatic heterocycles. The van der Waals surface area contributed by atoms with Gasteiger partial charge in [0.25, 0.3) is 0 Å². The molecule has 6 aromatic carbocycles. The van der Waals surface area contributed by atoms with Gasteiger partial charge in [-0.2, -0.15) is 0 Å². The minimum absolute atomic E-state index is 0.0235. The Hall–Kier alpha value is -5.81. The zero-order chi connectivity index (χ0) is 39.6. The van der Waals surface area contributed by atoms with Crippen LogP contribution < -0.4 is 15.4 Å². The Kier molecular flexibility index (Phi) is 13.1. The molecule has 0 spiro atoms. The minimum atomic E-state index is -0.649. The van der Waals surface area contributed by atoms with Gasteiger partial charge in [-0.3, -0.25) is 4.90 Å². The summed E-state index contributed by atoms with van der Waals surface area (Å²) in [6.07, 6.45) is -1.09. The van der Waals surface area contributed by atoms with Crippen molar-refractivity contribution in [2.45, 2.75) is 57.1 Å². The summed E-state index contributed by atoms with van der Waals surface area (Å²) >= 11 is 0. The van der Waals surface area contributed by atoms with Gasteiger partial charge in [0.15, 0.2) is 6.29 Å². The number of carbonyl (C=O) groups excluding carboxylic acids is 1. The molecule has 9 nitrogen and oxygen atoms in total. The SMILES string of the molecule is C[C@H]([C@@H](O)c1ccccc1)N(C)C[C@@H]1C[C@H](c2ccc(CO)cc2)O[C@H](c2cccc(-c3cccc(CNC(=O)Nc4ccc(Oc5ccccc5)cc4)c3)c2)O1. The molecule has 5 atom stereocenters. The summed E-state index contributed by atoms with van der Waals surface area (Å²) in [4.78, 5) is 15.0. The van der Waals surface area contributed by atoms with Crippen LogP contribution in [0.25, 0.3) is 11.1 Å². The van der Waals surface area contributed by atoms with E-state index < -0.39 is 12.4 Å². The van der Waals surface area contributed by atoms with E-state index in [2.05, 4.69) is 33.7 Å². The van der Waals surface area contributed by atoms with Crippen LogP contribution in [0, 0.1) is 0 Å². The molecule has 1 aliphatic rings. The number of aliphatic hydroxyl groups is 2. The van der Waals surface area contributed by atoms with Crippen LogP contribution in [0.5, 0.6) is 11.5 Å². The Morgan fingerprint density at radius 2 is 1.42 bits per heavy atom. The number of para-hydroxylation sites is 1. The number of likely N-dealkylation sites (N-methyl/N-ethyl adjacent to an activating group) is 1. The van der Waals surface area contributed by atoms with Crippen LogP contribution in [0.4, 0.5) is 10.5 Å². The minimum Gasteiger partial charge on any atom is -0.457 e. The summed E-state index contributed by atoms with van der Waals surface area (Å²) in [5.74, 6) is 1.43. The molecule has 0 saturated carbocycles. The van der Waals surface area contributed by atoms with Gasteiger partial charge in [-0.15, -0.1) is 0 Å². The topological polar surface area (TPSA) is 113 Å². The van der Waals surface area contributed by atoms with E-state index >= 15 is 0 Å². The van der Waals surface area contributed by atoms with Crippen LogP contribution in [-0.4, -0.2) is 46.9 Å². The van der Waals surface area contributed by atoms with E-state index in [9.17, 15) is 15.0 Å². The third-order valence-electron chi connectivity index (χ3n) is 10.4. The Labute approximate surface area is 334 Å². The van der Waals surface area contributed by atoms with Crippen molar-refractivity contribution in [2.75, 3.05) is 18.9 Å². The zero-order valence-corrected chi connectivity index (χ0v) is 32.2. The summed E-state index contributed by atoms with van der Waals surface area (Å²) in [5, 5.41) is 26.7. The fourth-order valence-electron chi connectivity index (χ4n) is 7.00. The molecule has 0 unspecified atom stereocenters. The fraction of sp³-hybridized carbons (Fsp3) is 0.229. The number of nitrogens with one attached hydrogen (secondary N) is 2. The number of urea groups is 1.